The fourth-order valence-corrected chi connectivity index (χ4v) is 3.54. The van der Waals surface area contributed by atoms with Gasteiger partial charge in [0.2, 0.25) is 0 Å². The first kappa shape index (κ1) is 13.6. The molecule has 0 radical (unpaired) electrons. The van der Waals surface area contributed by atoms with Gasteiger partial charge in [0.15, 0.2) is 0 Å². The molecule has 0 amide bonds. The maximum Gasteiger partial charge on any atom is 0.297 e. The predicted octanol–water partition coefficient (Wildman–Crippen LogP) is 3.28. The Hall–Kier alpha value is -0.870. The van der Waals surface area contributed by atoms with Crippen LogP contribution < -0.4 is 0 Å². The average molecular weight is 268 g/mol. The van der Waals surface area contributed by atoms with Crippen molar-refractivity contribution in [2.24, 2.45) is 5.92 Å². The number of hydrogen-bond donors (Lipinski definition) is 0. The molecule has 1 aromatic rings. The Morgan fingerprint density at radius 2 is 1.72 bits per heavy atom. The molecule has 0 N–H and O–H groups in total. The molecule has 18 heavy (non-hydrogen) atoms. The van der Waals surface area contributed by atoms with Gasteiger partial charge in [-0.05, 0) is 37.8 Å². The zero-order valence-corrected chi connectivity index (χ0v) is 11.7. The van der Waals surface area contributed by atoms with Crippen LogP contribution in [-0.2, 0) is 14.3 Å². The van der Waals surface area contributed by atoms with Crippen molar-refractivity contribution in [1.29, 1.82) is 0 Å². The summed E-state index contributed by atoms with van der Waals surface area (Å²) < 4.78 is 29.7. The molecule has 4 heteroatoms. The van der Waals surface area contributed by atoms with Crippen LogP contribution in [0.1, 0.15) is 38.2 Å². The number of hydrogen-bond acceptors (Lipinski definition) is 3. The quantitative estimate of drug-likeness (QED) is 0.790. The fourth-order valence-electron chi connectivity index (χ4n) is 2.35. The Kier molecular flexibility index (Phi) is 4.07. The van der Waals surface area contributed by atoms with Crippen molar-refractivity contribution in [3.63, 3.8) is 0 Å². The van der Waals surface area contributed by atoms with Crippen molar-refractivity contribution >= 4 is 10.1 Å². The van der Waals surface area contributed by atoms with Crippen LogP contribution in [0.5, 0.6) is 0 Å². The molecule has 3 nitrogen and oxygen atoms in total. The molecule has 0 aromatic heterocycles. The SMILES string of the molecule is Cc1ccc(S(=O)(=O)O[C@@H]2CCCC[C@H]2C)cc1. The van der Waals surface area contributed by atoms with E-state index in [2.05, 4.69) is 6.92 Å². The van der Waals surface area contributed by atoms with Crippen molar-refractivity contribution in [2.45, 2.75) is 50.5 Å². The van der Waals surface area contributed by atoms with Gasteiger partial charge in [-0.2, -0.15) is 8.42 Å². The third kappa shape index (κ3) is 3.12. The molecule has 0 aliphatic heterocycles. The molecule has 0 bridgehead atoms. The largest absolute Gasteiger partial charge is 0.297 e. The zero-order chi connectivity index (χ0) is 13.2. The normalized spacial score (nSPS) is 25.0. The molecule has 0 heterocycles. The summed E-state index contributed by atoms with van der Waals surface area (Å²) in [6.45, 7) is 3.99. The summed E-state index contributed by atoms with van der Waals surface area (Å²) in [5.41, 5.74) is 1.04. The second-order valence-corrected chi connectivity index (χ2v) is 6.74. The first-order valence-electron chi connectivity index (χ1n) is 6.49. The Morgan fingerprint density at radius 1 is 1.11 bits per heavy atom. The molecular formula is C14H20O3S. The Labute approximate surface area is 109 Å². The topological polar surface area (TPSA) is 43.4 Å². The Bertz CT molecular complexity index is 490. The zero-order valence-electron chi connectivity index (χ0n) is 10.9. The molecule has 100 valence electrons. The van der Waals surface area contributed by atoms with Gasteiger partial charge in [0.25, 0.3) is 10.1 Å². The lowest BCUT2D eigenvalue weighted by Gasteiger charge is -2.27. The molecule has 1 aliphatic rings. The van der Waals surface area contributed by atoms with Crippen molar-refractivity contribution < 1.29 is 12.6 Å². The van der Waals surface area contributed by atoms with Gasteiger partial charge in [-0.25, -0.2) is 0 Å². The number of aryl methyl sites for hydroxylation is 1. The minimum Gasteiger partial charge on any atom is -0.263 e. The highest BCUT2D eigenvalue weighted by molar-refractivity contribution is 7.86. The van der Waals surface area contributed by atoms with Gasteiger partial charge in [-0.1, -0.05) is 37.5 Å². The van der Waals surface area contributed by atoms with E-state index in [9.17, 15) is 8.42 Å². The minimum atomic E-state index is -3.61. The third-order valence-electron chi connectivity index (χ3n) is 3.59. The lowest BCUT2D eigenvalue weighted by molar-refractivity contribution is 0.109. The second-order valence-electron chi connectivity index (χ2n) is 5.16. The molecule has 0 unspecified atom stereocenters. The fraction of sp³-hybridized carbons (Fsp3) is 0.571. The Morgan fingerprint density at radius 3 is 2.33 bits per heavy atom. The molecule has 1 aliphatic carbocycles. The molecular weight excluding hydrogens is 248 g/mol. The average Bonchev–Trinajstić information content (AvgIpc) is 2.32. The monoisotopic (exact) mass is 268 g/mol. The first-order chi connectivity index (χ1) is 8.49. The van der Waals surface area contributed by atoms with Crippen LogP contribution in [-0.4, -0.2) is 14.5 Å². The van der Waals surface area contributed by atoms with E-state index in [1.807, 2.05) is 6.92 Å². The van der Waals surface area contributed by atoms with Crippen LogP contribution in [0, 0.1) is 12.8 Å². The highest BCUT2D eigenvalue weighted by Gasteiger charge is 2.28. The van der Waals surface area contributed by atoms with E-state index in [1.165, 1.54) is 6.42 Å². The van der Waals surface area contributed by atoms with E-state index in [4.69, 9.17) is 4.18 Å². The van der Waals surface area contributed by atoms with E-state index in [0.29, 0.717) is 5.92 Å². The summed E-state index contributed by atoms with van der Waals surface area (Å²) >= 11 is 0. The van der Waals surface area contributed by atoms with Crippen molar-refractivity contribution in [2.75, 3.05) is 0 Å². The summed E-state index contributed by atoms with van der Waals surface area (Å²) in [5, 5.41) is 0. The van der Waals surface area contributed by atoms with Crippen LogP contribution in [0.25, 0.3) is 0 Å². The van der Waals surface area contributed by atoms with Gasteiger partial charge in [-0.3, -0.25) is 4.18 Å². The predicted molar refractivity (Wildman–Crippen MR) is 70.9 cm³/mol. The Balaban J connectivity index is 2.13. The van der Waals surface area contributed by atoms with Gasteiger partial charge < -0.3 is 0 Å². The van der Waals surface area contributed by atoms with Crippen LogP contribution in [0.15, 0.2) is 29.2 Å². The van der Waals surface area contributed by atoms with E-state index in [0.717, 1.165) is 24.8 Å². The highest BCUT2D eigenvalue weighted by atomic mass is 32.2. The molecule has 0 spiro atoms. The second kappa shape index (κ2) is 5.41. The van der Waals surface area contributed by atoms with Gasteiger partial charge in [0, 0.05) is 0 Å². The third-order valence-corrected chi connectivity index (χ3v) is 4.94. The highest BCUT2D eigenvalue weighted by Crippen LogP contribution is 2.29. The minimum absolute atomic E-state index is 0.162. The van der Waals surface area contributed by atoms with Gasteiger partial charge in [0.1, 0.15) is 0 Å². The van der Waals surface area contributed by atoms with Crippen LogP contribution in [0.3, 0.4) is 0 Å². The van der Waals surface area contributed by atoms with Crippen LogP contribution >= 0.6 is 0 Å². The van der Waals surface area contributed by atoms with E-state index < -0.39 is 10.1 Å². The van der Waals surface area contributed by atoms with E-state index in [1.54, 1.807) is 24.3 Å². The molecule has 0 saturated heterocycles. The van der Waals surface area contributed by atoms with Crippen molar-refractivity contribution in [3.05, 3.63) is 29.8 Å². The number of rotatable bonds is 3. The van der Waals surface area contributed by atoms with E-state index >= 15 is 0 Å². The maximum atomic E-state index is 12.1. The van der Waals surface area contributed by atoms with Gasteiger partial charge in [-0.15, -0.1) is 0 Å². The lowest BCUT2D eigenvalue weighted by Crippen LogP contribution is -2.28. The summed E-state index contributed by atoms with van der Waals surface area (Å²) in [5.74, 6) is 0.318. The maximum absolute atomic E-state index is 12.1. The molecule has 1 aromatic carbocycles. The molecule has 1 fully saturated rings. The number of benzene rings is 1. The molecule has 2 rings (SSSR count). The van der Waals surface area contributed by atoms with Gasteiger partial charge >= 0.3 is 0 Å². The smallest absolute Gasteiger partial charge is 0.263 e. The van der Waals surface area contributed by atoms with Crippen LogP contribution in [0.2, 0.25) is 0 Å². The van der Waals surface area contributed by atoms with Crippen molar-refractivity contribution in [3.8, 4) is 0 Å². The summed E-state index contributed by atoms with van der Waals surface area (Å²) in [7, 11) is -3.61. The summed E-state index contributed by atoms with van der Waals surface area (Å²) in [6.07, 6.45) is 3.95. The van der Waals surface area contributed by atoms with Crippen LogP contribution in [0.4, 0.5) is 0 Å². The molecule has 1 saturated carbocycles. The lowest BCUT2D eigenvalue weighted by atomic mass is 9.88. The van der Waals surface area contributed by atoms with Gasteiger partial charge in [0.05, 0.1) is 11.0 Å². The summed E-state index contributed by atoms with van der Waals surface area (Å²) in [6, 6.07) is 6.80. The first-order valence-corrected chi connectivity index (χ1v) is 7.90. The summed E-state index contributed by atoms with van der Waals surface area (Å²) in [4.78, 5) is 0.255. The molecule has 2 atom stereocenters. The van der Waals surface area contributed by atoms with Crippen molar-refractivity contribution in [1.82, 2.24) is 0 Å². The van der Waals surface area contributed by atoms with E-state index in [-0.39, 0.29) is 11.0 Å². The standard InChI is InChI=1S/C14H20O3S/c1-11-7-9-13(10-8-11)18(15,16)17-14-6-4-3-5-12(14)2/h7-10,12,14H,3-6H2,1-2H3/t12-,14-/m1/s1.